The molecule has 2 heterocycles. The van der Waals surface area contributed by atoms with Crippen molar-refractivity contribution < 1.29 is 0 Å². The molecule has 0 bridgehead atoms. The molecule has 0 saturated heterocycles. The van der Waals surface area contributed by atoms with Gasteiger partial charge in [-0.1, -0.05) is 115 Å². The van der Waals surface area contributed by atoms with Crippen molar-refractivity contribution in [1.82, 2.24) is 4.57 Å². The zero-order chi connectivity index (χ0) is 28.8. The van der Waals surface area contributed by atoms with Crippen LogP contribution in [-0.4, -0.2) is 4.57 Å². The minimum atomic E-state index is 1.19. The van der Waals surface area contributed by atoms with Crippen LogP contribution in [0.4, 0.5) is 0 Å². The van der Waals surface area contributed by atoms with Gasteiger partial charge in [0.1, 0.15) is 0 Å². The predicted octanol–water partition coefficient (Wildman–Crippen LogP) is 12.3. The smallest absolute Gasteiger partial charge is 0.0555 e. The molecule has 2 aromatic heterocycles. The Hall–Kier alpha value is -5.44. The molecule has 8 aromatic carbocycles. The number of rotatable bonds is 2. The van der Waals surface area contributed by atoms with E-state index >= 15 is 0 Å². The van der Waals surface area contributed by atoms with E-state index in [1.165, 1.54) is 91.1 Å². The highest BCUT2D eigenvalue weighted by Crippen LogP contribution is 2.46. The van der Waals surface area contributed by atoms with Gasteiger partial charge in [-0.25, -0.2) is 0 Å². The number of thiophene rings is 1. The van der Waals surface area contributed by atoms with Crippen molar-refractivity contribution in [1.29, 1.82) is 0 Å². The molecule has 204 valence electrons. The van der Waals surface area contributed by atoms with Crippen molar-refractivity contribution in [2.24, 2.45) is 0 Å². The van der Waals surface area contributed by atoms with Crippen LogP contribution in [-0.2, 0) is 0 Å². The fraction of sp³-hybridized carbons (Fsp3) is 0. The van der Waals surface area contributed by atoms with Crippen molar-refractivity contribution in [2.45, 2.75) is 0 Å². The molecule has 10 aromatic rings. The van der Waals surface area contributed by atoms with Gasteiger partial charge in [0.2, 0.25) is 0 Å². The molecule has 0 aliphatic rings. The molecule has 0 atom stereocenters. The van der Waals surface area contributed by atoms with E-state index in [1.807, 2.05) is 11.3 Å². The molecule has 0 fully saturated rings. The highest BCUT2D eigenvalue weighted by Gasteiger charge is 2.19. The lowest BCUT2D eigenvalue weighted by atomic mass is 10.0. The highest BCUT2D eigenvalue weighted by molar-refractivity contribution is 7.27. The van der Waals surface area contributed by atoms with Crippen LogP contribution in [0, 0.1) is 0 Å². The second-order valence-electron chi connectivity index (χ2n) is 11.7. The first-order valence-electron chi connectivity index (χ1n) is 15.1. The molecule has 0 N–H and O–H groups in total. The Balaban J connectivity index is 1.33. The lowest BCUT2D eigenvalue weighted by Crippen LogP contribution is -1.94. The largest absolute Gasteiger partial charge is 0.309 e. The Kier molecular flexibility index (Phi) is 4.94. The zero-order valence-corrected chi connectivity index (χ0v) is 24.6. The van der Waals surface area contributed by atoms with E-state index in [9.17, 15) is 0 Å². The summed E-state index contributed by atoms with van der Waals surface area (Å²) in [5.74, 6) is 0. The highest BCUT2D eigenvalue weighted by atomic mass is 32.1. The van der Waals surface area contributed by atoms with Gasteiger partial charge in [0.15, 0.2) is 0 Å². The van der Waals surface area contributed by atoms with E-state index in [1.54, 1.807) is 0 Å². The number of fused-ring (bicyclic) bond motifs is 12. The predicted molar refractivity (Wildman–Crippen MR) is 192 cm³/mol. The van der Waals surface area contributed by atoms with Gasteiger partial charge in [0.05, 0.1) is 11.0 Å². The molecule has 0 unspecified atom stereocenters. The first-order chi connectivity index (χ1) is 21.8. The molecule has 0 amide bonds. The minimum Gasteiger partial charge on any atom is -0.309 e. The van der Waals surface area contributed by atoms with E-state index in [4.69, 9.17) is 0 Å². The molecule has 0 spiro atoms. The molecule has 0 aliphatic carbocycles. The van der Waals surface area contributed by atoms with Crippen molar-refractivity contribution in [2.75, 3.05) is 0 Å². The molecule has 0 aliphatic heterocycles. The van der Waals surface area contributed by atoms with Crippen LogP contribution in [0.5, 0.6) is 0 Å². The monoisotopic (exact) mass is 575 g/mol. The van der Waals surface area contributed by atoms with Gasteiger partial charge in [-0.3, -0.25) is 0 Å². The summed E-state index contributed by atoms with van der Waals surface area (Å²) in [6, 6.07) is 55.9. The molecular formula is C42H25NS. The molecule has 0 saturated carbocycles. The Morgan fingerprint density at radius 1 is 0.386 bits per heavy atom. The summed E-state index contributed by atoms with van der Waals surface area (Å²) in [5, 5.41) is 13.1. The fourth-order valence-electron chi connectivity index (χ4n) is 7.34. The zero-order valence-electron chi connectivity index (χ0n) is 23.8. The lowest BCUT2D eigenvalue weighted by molar-refractivity contribution is 1.19. The first-order valence-corrected chi connectivity index (χ1v) is 15.9. The van der Waals surface area contributed by atoms with Crippen LogP contribution in [0.2, 0.25) is 0 Å². The second kappa shape index (κ2) is 9.03. The SMILES string of the molecule is c1ccc(-c2ccc3c(c2)c2c4sc5ccc6ccccc6c5c4ccc2n3-c2ccc3c(ccc4ccccc43)c2)cc1. The minimum absolute atomic E-state index is 1.19. The Morgan fingerprint density at radius 3 is 1.95 bits per heavy atom. The maximum absolute atomic E-state index is 2.47. The van der Waals surface area contributed by atoms with Crippen LogP contribution in [0.3, 0.4) is 0 Å². The summed E-state index contributed by atoms with van der Waals surface area (Å²) in [5.41, 5.74) is 6.14. The molecule has 2 heteroatoms. The third kappa shape index (κ3) is 3.35. The van der Waals surface area contributed by atoms with Gasteiger partial charge < -0.3 is 4.57 Å². The molecule has 1 nitrogen and oxygen atoms in total. The third-order valence-electron chi connectivity index (χ3n) is 9.35. The van der Waals surface area contributed by atoms with Crippen LogP contribution >= 0.6 is 11.3 Å². The van der Waals surface area contributed by atoms with Crippen LogP contribution in [0.1, 0.15) is 0 Å². The van der Waals surface area contributed by atoms with Gasteiger partial charge in [-0.15, -0.1) is 11.3 Å². The average molecular weight is 576 g/mol. The molecule has 10 rings (SSSR count). The van der Waals surface area contributed by atoms with Gasteiger partial charge in [0.25, 0.3) is 0 Å². The van der Waals surface area contributed by atoms with Crippen LogP contribution in [0.15, 0.2) is 152 Å². The topological polar surface area (TPSA) is 4.93 Å². The Bertz CT molecular complexity index is 2760. The van der Waals surface area contributed by atoms with Crippen LogP contribution in [0.25, 0.3) is 91.1 Å². The van der Waals surface area contributed by atoms with Crippen molar-refractivity contribution in [3.05, 3.63) is 152 Å². The quantitative estimate of drug-likeness (QED) is 0.181. The summed E-state index contributed by atoms with van der Waals surface area (Å²) >= 11 is 1.92. The number of hydrogen-bond acceptors (Lipinski definition) is 1. The normalized spacial score (nSPS) is 12.1. The van der Waals surface area contributed by atoms with Gasteiger partial charge in [-0.2, -0.15) is 0 Å². The van der Waals surface area contributed by atoms with Gasteiger partial charge in [0, 0.05) is 36.6 Å². The summed E-state index contributed by atoms with van der Waals surface area (Å²) < 4.78 is 5.16. The second-order valence-corrected chi connectivity index (χ2v) is 12.8. The molecular weight excluding hydrogens is 551 g/mol. The molecule has 44 heavy (non-hydrogen) atoms. The Labute approximate surface area is 257 Å². The van der Waals surface area contributed by atoms with Crippen LogP contribution < -0.4 is 0 Å². The molecule has 0 radical (unpaired) electrons. The van der Waals surface area contributed by atoms with E-state index < -0.39 is 0 Å². The van der Waals surface area contributed by atoms with E-state index in [2.05, 4.69) is 156 Å². The number of nitrogens with zero attached hydrogens (tertiary/aromatic N) is 1. The lowest BCUT2D eigenvalue weighted by Gasteiger charge is -2.11. The summed E-state index contributed by atoms with van der Waals surface area (Å²) in [4.78, 5) is 0. The van der Waals surface area contributed by atoms with E-state index in [0.29, 0.717) is 0 Å². The first kappa shape index (κ1) is 24.0. The van der Waals surface area contributed by atoms with E-state index in [0.717, 1.165) is 0 Å². The van der Waals surface area contributed by atoms with E-state index in [-0.39, 0.29) is 0 Å². The summed E-state index contributed by atoms with van der Waals surface area (Å²) in [7, 11) is 0. The number of aromatic nitrogens is 1. The number of benzene rings is 8. The maximum Gasteiger partial charge on any atom is 0.0555 e. The fourth-order valence-corrected chi connectivity index (χ4v) is 8.61. The Morgan fingerprint density at radius 2 is 1.07 bits per heavy atom. The van der Waals surface area contributed by atoms with Crippen molar-refractivity contribution >= 4 is 85.6 Å². The standard InChI is InChI=1S/C42H25NS/c1-2-8-26(9-3-1)29-16-21-37-36(25-29)41-38(22-20-35-40-34-13-7-5-11-28(34)17-23-39(40)44-42(35)41)43(37)31-18-19-33-30(24-31)15-14-27-10-4-6-12-32(27)33/h1-25H. The summed E-state index contributed by atoms with van der Waals surface area (Å²) in [6.45, 7) is 0. The maximum atomic E-state index is 2.47. The van der Waals surface area contributed by atoms with Gasteiger partial charge >= 0.3 is 0 Å². The number of hydrogen-bond donors (Lipinski definition) is 0. The third-order valence-corrected chi connectivity index (χ3v) is 10.5. The average Bonchev–Trinajstić information content (AvgIpc) is 3.64. The van der Waals surface area contributed by atoms with Gasteiger partial charge in [-0.05, 0) is 79.8 Å². The summed E-state index contributed by atoms with van der Waals surface area (Å²) in [6.07, 6.45) is 0. The van der Waals surface area contributed by atoms with Crippen molar-refractivity contribution in [3.63, 3.8) is 0 Å². The van der Waals surface area contributed by atoms with Crippen molar-refractivity contribution in [3.8, 4) is 16.8 Å².